The van der Waals surface area contributed by atoms with Gasteiger partial charge in [0.25, 0.3) is 0 Å². The van der Waals surface area contributed by atoms with Crippen molar-refractivity contribution < 1.29 is 23.1 Å². The maximum Gasteiger partial charge on any atom is 0.315 e. The summed E-state index contributed by atoms with van der Waals surface area (Å²) in [5.74, 6) is -1.03. The van der Waals surface area contributed by atoms with Gasteiger partial charge in [-0.2, -0.15) is 0 Å². The number of aliphatic carboxylic acids is 1. The highest BCUT2D eigenvalue weighted by Crippen LogP contribution is 2.16. The topological polar surface area (TPSA) is 125 Å². The van der Waals surface area contributed by atoms with Crippen LogP contribution >= 0.6 is 0 Å². The van der Waals surface area contributed by atoms with Gasteiger partial charge >= 0.3 is 12.0 Å². The first-order valence-corrected chi connectivity index (χ1v) is 8.43. The van der Waals surface area contributed by atoms with Crippen molar-refractivity contribution in [2.24, 2.45) is 0 Å². The number of amides is 2. The van der Waals surface area contributed by atoms with Gasteiger partial charge in [-0.05, 0) is 5.56 Å². The Labute approximate surface area is 129 Å². The highest BCUT2D eigenvalue weighted by Gasteiger charge is 2.17. The Bertz CT molecular complexity index is 603. The van der Waals surface area contributed by atoms with E-state index in [0.29, 0.717) is 5.56 Å². The summed E-state index contributed by atoms with van der Waals surface area (Å²) in [5, 5.41) is 13.9. The molecule has 0 saturated heterocycles. The van der Waals surface area contributed by atoms with E-state index < -0.39 is 28.1 Å². The highest BCUT2D eigenvalue weighted by molar-refractivity contribution is 7.88. The second-order valence-electron chi connectivity index (χ2n) is 4.63. The molecule has 4 N–H and O–H groups in total. The molecule has 0 spiro atoms. The molecule has 122 valence electrons. The number of benzene rings is 1. The van der Waals surface area contributed by atoms with Crippen LogP contribution in [-0.2, 0) is 14.8 Å². The van der Waals surface area contributed by atoms with Gasteiger partial charge in [-0.15, -0.1) is 0 Å². The number of sulfonamides is 1. The molecule has 0 aromatic heterocycles. The fraction of sp³-hybridized carbons (Fsp3) is 0.385. The summed E-state index contributed by atoms with van der Waals surface area (Å²) >= 11 is 0. The van der Waals surface area contributed by atoms with Crippen molar-refractivity contribution in [3.8, 4) is 0 Å². The Hall–Kier alpha value is -2.13. The van der Waals surface area contributed by atoms with E-state index in [0.717, 1.165) is 6.26 Å². The van der Waals surface area contributed by atoms with Crippen LogP contribution in [0.15, 0.2) is 30.3 Å². The van der Waals surface area contributed by atoms with E-state index in [1.807, 2.05) is 0 Å². The Kier molecular flexibility index (Phi) is 6.80. The molecule has 0 aliphatic rings. The Morgan fingerprint density at radius 3 is 2.36 bits per heavy atom. The van der Waals surface area contributed by atoms with Gasteiger partial charge in [-0.25, -0.2) is 17.9 Å². The molecule has 1 aromatic carbocycles. The third-order valence-electron chi connectivity index (χ3n) is 2.66. The minimum Gasteiger partial charge on any atom is -0.481 e. The summed E-state index contributed by atoms with van der Waals surface area (Å²) in [6.07, 6.45) is 0.768. The first-order chi connectivity index (χ1) is 10.3. The zero-order chi connectivity index (χ0) is 16.6. The summed E-state index contributed by atoms with van der Waals surface area (Å²) in [4.78, 5) is 22.6. The van der Waals surface area contributed by atoms with Crippen molar-refractivity contribution in [1.29, 1.82) is 0 Å². The number of carboxylic acid groups (broad SMARTS) is 1. The van der Waals surface area contributed by atoms with Crippen LogP contribution in [0.1, 0.15) is 18.0 Å². The van der Waals surface area contributed by atoms with E-state index in [-0.39, 0.29) is 19.5 Å². The number of carboxylic acids is 1. The molecular formula is C13H19N3O5S. The lowest BCUT2D eigenvalue weighted by Crippen LogP contribution is -2.42. The molecule has 1 rings (SSSR count). The lowest BCUT2D eigenvalue weighted by molar-refractivity contribution is -0.137. The fourth-order valence-electron chi connectivity index (χ4n) is 1.73. The largest absolute Gasteiger partial charge is 0.481 e. The van der Waals surface area contributed by atoms with Gasteiger partial charge in [0, 0.05) is 13.1 Å². The lowest BCUT2D eigenvalue weighted by atomic mass is 10.0. The minimum absolute atomic E-state index is 0.0567. The third-order valence-corrected chi connectivity index (χ3v) is 3.39. The Morgan fingerprint density at radius 1 is 1.18 bits per heavy atom. The molecule has 0 radical (unpaired) electrons. The molecular weight excluding hydrogens is 310 g/mol. The van der Waals surface area contributed by atoms with Gasteiger partial charge in [0.05, 0.1) is 18.7 Å². The molecule has 1 atom stereocenters. The number of hydrogen-bond donors (Lipinski definition) is 4. The normalized spacial score (nSPS) is 12.4. The molecule has 1 aromatic rings. The highest BCUT2D eigenvalue weighted by atomic mass is 32.2. The van der Waals surface area contributed by atoms with Crippen molar-refractivity contribution in [1.82, 2.24) is 15.4 Å². The first kappa shape index (κ1) is 17.9. The van der Waals surface area contributed by atoms with Crippen LogP contribution < -0.4 is 15.4 Å². The monoisotopic (exact) mass is 329 g/mol. The van der Waals surface area contributed by atoms with Crippen LogP contribution in [0.3, 0.4) is 0 Å². The number of urea groups is 1. The van der Waals surface area contributed by atoms with Gasteiger partial charge in [-0.1, -0.05) is 30.3 Å². The molecule has 0 saturated carbocycles. The molecule has 1 unspecified atom stereocenters. The zero-order valence-corrected chi connectivity index (χ0v) is 12.9. The summed E-state index contributed by atoms with van der Waals surface area (Å²) in [6, 6.07) is 7.50. The lowest BCUT2D eigenvalue weighted by Gasteiger charge is -2.18. The van der Waals surface area contributed by atoms with Gasteiger partial charge in [0.15, 0.2) is 0 Å². The van der Waals surface area contributed by atoms with E-state index in [2.05, 4.69) is 15.4 Å². The molecule has 0 heterocycles. The van der Waals surface area contributed by atoms with E-state index in [4.69, 9.17) is 5.11 Å². The van der Waals surface area contributed by atoms with Crippen LogP contribution in [0.2, 0.25) is 0 Å². The van der Waals surface area contributed by atoms with Crippen molar-refractivity contribution in [2.45, 2.75) is 12.5 Å². The van der Waals surface area contributed by atoms with Gasteiger partial charge in [0.2, 0.25) is 10.0 Å². The minimum atomic E-state index is -3.30. The maximum absolute atomic E-state index is 11.7. The molecule has 8 nitrogen and oxygen atoms in total. The predicted octanol–water partition coefficient (Wildman–Crippen LogP) is 0.0508. The van der Waals surface area contributed by atoms with E-state index >= 15 is 0 Å². The van der Waals surface area contributed by atoms with Crippen LogP contribution in [0, 0.1) is 0 Å². The third kappa shape index (κ3) is 7.60. The van der Waals surface area contributed by atoms with Crippen LogP contribution in [0.25, 0.3) is 0 Å². The number of carbonyl (C=O) groups is 2. The fourth-order valence-corrected chi connectivity index (χ4v) is 2.21. The van der Waals surface area contributed by atoms with Crippen LogP contribution in [-0.4, -0.2) is 44.9 Å². The van der Waals surface area contributed by atoms with Crippen molar-refractivity contribution >= 4 is 22.0 Å². The molecule has 2 amide bonds. The quantitative estimate of drug-likeness (QED) is 0.502. The summed E-state index contributed by atoms with van der Waals surface area (Å²) in [7, 11) is -3.30. The Morgan fingerprint density at radius 2 is 1.82 bits per heavy atom. The van der Waals surface area contributed by atoms with Crippen LogP contribution in [0.4, 0.5) is 4.79 Å². The molecule has 0 aliphatic carbocycles. The first-order valence-electron chi connectivity index (χ1n) is 6.53. The molecule has 9 heteroatoms. The average Bonchev–Trinajstić information content (AvgIpc) is 2.42. The molecule has 0 fully saturated rings. The standard InChI is InChI=1S/C13H19N3O5S/c1-22(20,21)15-8-7-14-13(19)16-11(9-12(17)18)10-5-3-2-4-6-10/h2-6,11,15H,7-9H2,1H3,(H,17,18)(H2,14,16,19). The summed E-state index contributed by atoms with van der Waals surface area (Å²) in [5.41, 5.74) is 0.675. The van der Waals surface area contributed by atoms with E-state index in [1.54, 1.807) is 30.3 Å². The van der Waals surface area contributed by atoms with Gasteiger partial charge in [-0.3, -0.25) is 4.79 Å². The van der Waals surface area contributed by atoms with Crippen LogP contribution in [0.5, 0.6) is 0 Å². The number of rotatable bonds is 8. The molecule has 22 heavy (non-hydrogen) atoms. The average molecular weight is 329 g/mol. The van der Waals surface area contributed by atoms with Gasteiger partial charge < -0.3 is 15.7 Å². The SMILES string of the molecule is CS(=O)(=O)NCCNC(=O)NC(CC(=O)O)c1ccccc1. The van der Waals surface area contributed by atoms with Crippen molar-refractivity contribution in [3.05, 3.63) is 35.9 Å². The van der Waals surface area contributed by atoms with E-state index in [1.165, 1.54) is 0 Å². The smallest absolute Gasteiger partial charge is 0.315 e. The van der Waals surface area contributed by atoms with Gasteiger partial charge in [0.1, 0.15) is 0 Å². The number of carbonyl (C=O) groups excluding carboxylic acids is 1. The second-order valence-corrected chi connectivity index (χ2v) is 6.46. The van der Waals surface area contributed by atoms with E-state index in [9.17, 15) is 18.0 Å². The number of nitrogens with one attached hydrogen (secondary N) is 3. The number of hydrogen-bond acceptors (Lipinski definition) is 4. The van der Waals surface area contributed by atoms with Crippen molar-refractivity contribution in [2.75, 3.05) is 19.3 Å². The zero-order valence-electron chi connectivity index (χ0n) is 12.1. The molecule has 0 bridgehead atoms. The summed E-state index contributed by atoms with van der Waals surface area (Å²) < 4.78 is 23.9. The maximum atomic E-state index is 11.7. The Balaban J connectivity index is 2.52. The predicted molar refractivity (Wildman–Crippen MR) is 80.8 cm³/mol. The second kappa shape index (κ2) is 8.35. The van der Waals surface area contributed by atoms with Crippen molar-refractivity contribution in [3.63, 3.8) is 0 Å². The molecule has 0 aliphatic heterocycles. The summed E-state index contributed by atoms with van der Waals surface area (Å²) in [6.45, 7) is 0.147.